The Balaban J connectivity index is 1.24. The van der Waals surface area contributed by atoms with Crippen molar-refractivity contribution in [1.29, 1.82) is 0 Å². The Labute approximate surface area is 232 Å². The van der Waals surface area contributed by atoms with Gasteiger partial charge >= 0.3 is 11.9 Å². The van der Waals surface area contributed by atoms with E-state index in [4.69, 9.17) is 9.47 Å². The van der Waals surface area contributed by atoms with E-state index in [0.29, 0.717) is 17.3 Å². The highest BCUT2D eigenvalue weighted by Crippen LogP contribution is 2.67. The van der Waals surface area contributed by atoms with Crippen LogP contribution in [0.1, 0.15) is 118 Å². The van der Waals surface area contributed by atoms with Crippen molar-refractivity contribution >= 4 is 11.9 Å². The van der Waals surface area contributed by atoms with E-state index in [1.54, 1.807) is 12.5 Å². The second-order valence-corrected chi connectivity index (χ2v) is 13.7. The highest BCUT2D eigenvalue weighted by Gasteiger charge is 2.59. The summed E-state index contributed by atoms with van der Waals surface area (Å²) in [6, 6.07) is 0. The SMILES string of the molecule is COC(=O)CCCCCCCNC[C@@H](C)[C@H]1CC[C@H]2C3CC=C4C[C@@H](OC(C)=O)CC[C@]4(C)[C@H]3CC[C@]12C. The molecular weight excluding hydrogens is 474 g/mol. The van der Waals surface area contributed by atoms with Gasteiger partial charge in [0.2, 0.25) is 0 Å². The van der Waals surface area contributed by atoms with Crippen LogP contribution in [0.4, 0.5) is 0 Å². The van der Waals surface area contributed by atoms with Gasteiger partial charge in [0.1, 0.15) is 6.10 Å². The summed E-state index contributed by atoms with van der Waals surface area (Å²) < 4.78 is 10.3. The van der Waals surface area contributed by atoms with Crippen molar-refractivity contribution in [2.75, 3.05) is 20.2 Å². The molecule has 8 atom stereocenters. The molecule has 216 valence electrons. The fourth-order valence-electron chi connectivity index (χ4n) is 9.56. The third-order valence-corrected chi connectivity index (χ3v) is 11.6. The first-order valence-electron chi connectivity index (χ1n) is 15.8. The lowest BCUT2D eigenvalue weighted by Crippen LogP contribution is -2.51. The molecule has 0 aromatic carbocycles. The summed E-state index contributed by atoms with van der Waals surface area (Å²) in [5.41, 5.74) is 2.39. The van der Waals surface area contributed by atoms with Crippen molar-refractivity contribution in [3.8, 4) is 0 Å². The van der Waals surface area contributed by atoms with Crippen LogP contribution in [0.2, 0.25) is 0 Å². The van der Waals surface area contributed by atoms with Gasteiger partial charge in [0, 0.05) is 19.8 Å². The first kappa shape index (κ1) is 29.6. The van der Waals surface area contributed by atoms with Crippen LogP contribution in [0.15, 0.2) is 11.6 Å². The second kappa shape index (κ2) is 12.9. The zero-order chi connectivity index (χ0) is 27.3. The Bertz CT molecular complexity index is 854. The molecule has 0 saturated heterocycles. The summed E-state index contributed by atoms with van der Waals surface area (Å²) in [5.74, 6) is 3.84. The Hall–Kier alpha value is -1.36. The largest absolute Gasteiger partial charge is 0.469 e. The van der Waals surface area contributed by atoms with Crippen LogP contribution >= 0.6 is 0 Å². The van der Waals surface area contributed by atoms with Gasteiger partial charge in [0.25, 0.3) is 0 Å². The highest BCUT2D eigenvalue weighted by atomic mass is 16.5. The van der Waals surface area contributed by atoms with E-state index >= 15 is 0 Å². The monoisotopic (exact) mass is 529 g/mol. The molecule has 1 N–H and O–H groups in total. The van der Waals surface area contributed by atoms with Crippen molar-refractivity contribution in [1.82, 2.24) is 5.32 Å². The minimum atomic E-state index is -0.130. The third-order valence-electron chi connectivity index (χ3n) is 11.6. The zero-order valence-electron chi connectivity index (χ0n) is 25.0. The fraction of sp³-hybridized carbons (Fsp3) is 0.879. The minimum absolute atomic E-state index is 0.0840. The quantitative estimate of drug-likeness (QED) is 0.164. The van der Waals surface area contributed by atoms with E-state index in [-0.39, 0.29) is 18.0 Å². The Morgan fingerprint density at radius 3 is 2.55 bits per heavy atom. The van der Waals surface area contributed by atoms with Gasteiger partial charge in [-0.25, -0.2) is 0 Å². The number of hydrogen-bond donors (Lipinski definition) is 1. The van der Waals surface area contributed by atoms with Crippen LogP contribution in [0.3, 0.4) is 0 Å². The van der Waals surface area contributed by atoms with Crippen LogP contribution in [0.25, 0.3) is 0 Å². The molecule has 0 aromatic heterocycles. The first-order chi connectivity index (χ1) is 18.2. The molecule has 0 amide bonds. The van der Waals surface area contributed by atoms with Gasteiger partial charge in [-0.2, -0.15) is 0 Å². The molecule has 4 rings (SSSR count). The van der Waals surface area contributed by atoms with E-state index in [9.17, 15) is 9.59 Å². The average molecular weight is 530 g/mol. The van der Waals surface area contributed by atoms with Crippen molar-refractivity contribution in [2.24, 2.45) is 40.4 Å². The maximum absolute atomic E-state index is 11.5. The van der Waals surface area contributed by atoms with Gasteiger partial charge in [-0.05, 0) is 111 Å². The number of esters is 2. The summed E-state index contributed by atoms with van der Waals surface area (Å²) in [4.78, 5) is 22.7. The van der Waals surface area contributed by atoms with Crippen molar-refractivity contribution in [2.45, 2.75) is 124 Å². The molecule has 4 aliphatic rings. The standard InChI is InChI=1S/C33H55NO4/c1-23(22-34-20-10-8-6-7-9-11-31(36)37-5)28-14-15-29-27-13-12-25-21-26(38-24(2)35)16-18-32(25,3)30(27)17-19-33(28,29)4/h12,23,26-30,34H,6-11,13-22H2,1-5H3/t23-,26+,27?,28-,29+,30+,32+,33-/m1/s1. The Morgan fingerprint density at radius 1 is 1.03 bits per heavy atom. The maximum Gasteiger partial charge on any atom is 0.305 e. The molecule has 5 heteroatoms. The van der Waals surface area contributed by atoms with Gasteiger partial charge < -0.3 is 14.8 Å². The lowest BCUT2D eigenvalue weighted by atomic mass is 9.47. The van der Waals surface area contributed by atoms with E-state index in [2.05, 4.69) is 32.2 Å². The van der Waals surface area contributed by atoms with E-state index < -0.39 is 0 Å². The number of carbonyl (C=O) groups is 2. The number of allylic oxidation sites excluding steroid dienone is 1. The van der Waals surface area contributed by atoms with Crippen LogP contribution in [0, 0.1) is 40.4 Å². The van der Waals surface area contributed by atoms with Crippen molar-refractivity contribution in [3.05, 3.63) is 11.6 Å². The highest BCUT2D eigenvalue weighted by molar-refractivity contribution is 5.69. The Morgan fingerprint density at radius 2 is 1.79 bits per heavy atom. The molecule has 3 fully saturated rings. The lowest BCUT2D eigenvalue weighted by Gasteiger charge is -2.58. The summed E-state index contributed by atoms with van der Waals surface area (Å²) in [5, 5.41) is 3.79. The normalized spacial score (nSPS) is 36.9. The fourth-order valence-corrected chi connectivity index (χ4v) is 9.56. The molecule has 0 bridgehead atoms. The van der Waals surface area contributed by atoms with Gasteiger partial charge in [-0.1, -0.05) is 51.7 Å². The first-order valence-corrected chi connectivity index (χ1v) is 15.8. The minimum Gasteiger partial charge on any atom is -0.469 e. The van der Waals surface area contributed by atoms with Crippen molar-refractivity contribution in [3.63, 3.8) is 0 Å². The lowest BCUT2D eigenvalue weighted by molar-refractivity contribution is -0.148. The number of unbranched alkanes of at least 4 members (excludes halogenated alkanes) is 4. The molecular formula is C33H55NO4. The van der Waals surface area contributed by atoms with Gasteiger partial charge in [-0.15, -0.1) is 0 Å². The number of hydrogen-bond acceptors (Lipinski definition) is 5. The molecule has 0 spiro atoms. The summed E-state index contributed by atoms with van der Waals surface area (Å²) in [6.45, 7) is 11.5. The molecule has 3 saturated carbocycles. The number of ether oxygens (including phenoxy) is 2. The van der Waals surface area contributed by atoms with Crippen LogP contribution in [-0.4, -0.2) is 38.2 Å². The van der Waals surface area contributed by atoms with Gasteiger partial charge in [-0.3, -0.25) is 9.59 Å². The Kier molecular flexibility index (Phi) is 10.0. The zero-order valence-corrected chi connectivity index (χ0v) is 25.0. The molecule has 4 aliphatic carbocycles. The number of fused-ring (bicyclic) bond motifs is 5. The summed E-state index contributed by atoms with van der Waals surface area (Å²) in [6.07, 6.45) is 18.9. The predicted molar refractivity (Wildman–Crippen MR) is 152 cm³/mol. The van der Waals surface area contributed by atoms with Gasteiger partial charge in [0.15, 0.2) is 0 Å². The summed E-state index contributed by atoms with van der Waals surface area (Å²) in [7, 11) is 1.47. The molecule has 0 aliphatic heterocycles. The summed E-state index contributed by atoms with van der Waals surface area (Å²) >= 11 is 0. The smallest absolute Gasteiger partial charge is 0.305 e. The van der Waals surface area contributed by atoms with E-state index in [1.165, 1.54) is 64.9 Å². The average Bonchev–Trinajstić information content (AvgIpc) is 3.24. The predicted octanol–water partition coefficient (Wildman–Crippen LogP) is 7.24. The van der Waals surface area contributed by atoms with Crippen molar-refractivity contribution < 1.29 is 19.1 Å². The number of carbonyl (C=O) groups excluding carboxylic acids is 2. The third kappa shape index (κ3) is 6.34. The number of rotatable bonds is 12. The second-order valence-electron chi connectivity index (χ2n) is 13.7. The number of methoxy groups -OCH3 is 1. The maximum atomic E-state index is 11.5. The molecule has 5 nitrogen and oxygen atoms in total. The van der Waals surface area contributed by atoms with Gasteiger partial charge in [0.05, 0.1) is 7.11 Å². The molecule has 0 aromatic rings. The topological polar surface area (TPSA) is 64.6 Å². The van der Waals surface area contributed by atoms with E-state index in [1.807, 2.05) is 0 Å². The number of nitrogens with one attached hydrogen (secondary N) is 1. The van der Waals surface area contributed by atoms with Crippen LogP contribution < -0.4 is 5.32 Å². The molecule has 1 unspecified atom stereocenters. The molecule has 0 radical (unpaired) electrons. The molecule has 0 heterocycles. The van der Waals surface area contributed by atoms with Crippen LogP contribution in [-0.2, 0) is 19.1 Å². The van der Waals surface area contributed by atoms with Crippen LogP contribution in [0.5, 0.6) is 0 Å². The molecule has 38 heavy (non-hydrogen) atoms. The van der Waals surface area contributed by atoms with E-state index in [0.717, 1.165) is 68.4 Å².